The Morgan fingerprint density at radius 1 is 0.412 bits per heavy atom. The molecule has 0 fully saturated rings. The van der Waals surface area contributed by atoms with Crippen LogP contribution < -0.4 is 0 Å². The van der Waals surface area contributed by atoms with Crippen LogP contribution in [0.1, 0.15) is 0 Å². The lowest BCUT2D eigenvalue weighted by Gasteiger charge is -2.09. The molecule has 5 nitrogen and oxygen atoms in total. The van der Waals surface area contributed by atoms with Crippen molar-refractivity contribution in [2.45, 2.75) is 0 Å². The SMILES string of the molecule is c1ccc(-n2c3ccccc3c3ccc(-c4cc5c(cn4)sc4cnc(-c6ccc7c8ccccc8n(-c8ccccc8)c7c6)nc45)cc32)cc1. The second-order valence-electron chi connectivity index (χ2n) is 12.9. The first-order chi connectivity index (χ1) is 25.3. The number of hydrogen-bond donors (Lipinski definition) is 0. The number of aromatic nitrogens is 5. The summed E-state index contributed by atoms with van der Waals surface area (Å²) in [7, 11) is 0. The van der Waals surface area contributed by atoms with Crippen LogP contribution in [-0.4, -0.2) is 24.1 Å². The molecule has 0 bridgehead atoms. The fourth-order valence-corrected chi connectivity index (χ4v) is 8.68. The molecule has 0 unspecified atom stereocenters. The topological polar surface area (TPSA) is 48.5 Å². The highest BCUT2D eigenvalue weighted by Crippen LogP contribution is 2.39. The van der Waals surface area contributed by atoms with Gasteiger partial charge in [-0.1, -0.05) is 97.1 Å². The van der Waals surface area contributed by atoms with Crippen molar-refractivity contribution in [3.05, 3.63) is 164 Å². The fraction of sp³-hybridized carbons (Fsp3) is 0. The third kappa shape index (κ3) is 4.30. The van der Waals surface area contributed by atoms with E-state index in [1.54, 1.807) is 11.3 Å². The van der Waals surface area contributed by atoms with Crippen molar-refractivity contribution >= 4 is 75.3 Å². The summed E-state index contributed by atoms with van der Waals surface area (Å²) in [5.41, 5.74) is 10.8. The van der Waals surface area contributed by atoms with Gasteiger partial charge in [-0.05, 0) is 54.6 Å². The molecular formula is C45H27N5S. The van der Waals surface area contributed by atoms with Gasteiger partial charge < -0.3 is 9.13 Å². The van der Waals surface area contributed by atoms with Crippen LogP contribution in [0.2, 0.25) is 0 Å². The van der Waals surface area contributed by atoms with E-state index in [0.717, 1.165) is 59.5 Å². The molecule has 0 aliphatic carbocycles. The number of nitrogens with zero attached hydrogens (tertiary/aromatic N) is 5. The molecule has 11 rings (SSSR count). The maximum Gasteiger partial charge on any atom is 0.159 e. The van der Waals surface area contributed by atoms with Gasteiger partial charge in [0.2, 0.25) is 0 Å². The molecule has 0 N–H and O–H groups in total. The van der Waals surface area contributed by atoms with Crippen molar-refractivity contribution in [1.29, 1.82) is 0 Å². The van der Waals surface area contributed by atoms with Crippen molar-refractivity contribution < 1.29 is 0 Å². The minimum Gasteiger partial charge on any atom is -0.309 e. The molecule has 0 saturated heterocycles. The Labute approximate surface area is 296 Å². The van der Waals surface area contributed by atoms with Crippen molar-refractivity contribution in [3.63, 3.8) is 0 Å². The second kappa shape index (κ2) is 10.9. The molecule has 0 amide bonds. The molecule has 0 spiro atoms. The summed E-state index contributed by atoms with van der Waals surface area (Å²) in [5, 5.41) is 5.99. The molecule has 6 heteroatoms. The molecule has 0 aliphatic rings. The van der Waals surface area contributed by atoms with E-state index in [1.165, 1.54) is 32.6 Å². The Hall–Kier alpha value is -6.63. The van der Waals surface area contributed by atoms with Gasteiger partial charge in [0.15, 0.2) is 5.82 Å². The molecule has 238 valence electrons. The second-order valence-corrected chi connectivity index (χ2v) is 14.0. The van der Waals surface area contributed by atoms with Gasteiger partial charge in [0.05, 0.1) is 42.7 Å². The Morgan fingerprint density at radius 3 is 1.59 bits per heavy atom. The fourth-order valence-electron chi connectivity index (χ4n) is 7.71. The molecule has 0 saturated carbocycles. The number of pyridine rings is 1. The Kier molecular flexibility index (Phi) is 6.05. The summed E-state index contributed by atoms with van der Waals surface area (Å²) in [6, 6.07) is 53.8. The number of hydrogen-bond acceptors (Lipinski definition) is 4. The number of fused-ring (bicyclic) bond motifs is 9. The minimum atomic E-state index is 0.709. The third-order valence-electron chi connectivity index (χ3n) is 10.0. The smallest absolute Gasteiger partial charge is 0.159 e. The summed E-state index contributed by atoms with van der Waals surface area (Å²) in [6.07, 6.45) is 3.95. The Morgan fingerprint density at radius 2 is 0.941 bits per heavy atom. The van der Waals surface area contributed by atoms with E-state index < -0.39 is 0 Å². The predicted octanol–water partition coefficient (Wildman–Crippen LogP) is 11.8. The highest BCUT2D eigenvalue weighted by molar-refractivity contribution is 7.25. The maximum absolute atomic E-state index is 5.22. The first-order valence-electron chi connectivity index (χ1n) is 17.0. The van der Waals surface area contributed by atoms with Gasteiger partial charge in [0, 0.05) is 61.8 Å². The average molecular weight is 670 g/mol. The highest BCUT2D eigenvalue weighted by atomic mass is 32.1. The zero-order valence-electron chi connectivity index (χ0n) is 27.2. The Bertz CT molecular complexity index is 2920. The van der Waals surface area contributed by atoms with Gasteiger partial charge in [-0.3, -0.25) is 4.98 Å². The normalized spacial score (nSPS) is 11.9. The van der Waals surface area contributed by atoms with Gasteiger partial charge in [-0.25, -0.2) is 9.97 Å². The predicted molar refractivity (Wildman–Crippen MR) is 212 cm³/mol. The lowest BCUT2D eigenvalue weighted by Crippen LogP contribution is -1.94. The summed E-state index contributed by atoms with van der Waals surface area (Å²) in [4.78, 5) is 15.1. The van der Waals surface area contributed by atoms with Crippen molar-refractivity contribution in [1.82, 2.24) is 24.1 Å². The molecule has 0 aliphatic heterocycles. The average Bonchev–Trinajstić information content (AvgIpc) is 3.85. The summed E-state index contributed by atoms with van der Waals surface area (Å²) in [5.74, 6) is 0.709. The quantitative estimate of drug-likeness (QED) is 0.187. The van der Waals surface area contributed by atoms with Crippen molar-refractivity contribution in [2.75, 3.05) is 0 Å². The van der Waals surface area contributed by atoms with E-state index in [-0.39, 0.29) is 0 Å². The summed E-state index contributed by atoms with van der Waals surface area (Å²) in [6.45, 7) is 0. The third-order valence-corrected chi connectivity index (χ3v) is 11.1. The Balaban J connectivity index is 1.07. The monoisotopic (exact) mass is 669 g/mol. The molecular weight excluding hydrogens is 643 g/mol. The van der Waals surface area contributed by atoms with Crippen LogP contribution in [0.3, 0.4) is 0 Å². The first kappa shape index (κ1) is 28.2. The number of para-hydroxylation sites is 4. The molecule has 0 radical (unpaired) electrons. The van der Waals surface area contributed by atoms with Gasteiger partial charge in [-0.2, -0.15) is 0 Å². The van der Waals surface area contributed by atoms with E-state index in [9.17, 15) is 0 Å². The zero-order chi connectivity index (χ0) is 33.5. The van der Waals surface area contributed by atoms with Crippen molar-refractivity contribution in [2.24, 2.45) is 0 Å². The largest absolute Gasteiger partial charge is 0.309 e. The first-order valence-corrected chi connectivity index (χ1v) is 17.8. The van der Waals surface area contributed by atoms with E-state index in [1.807, 2.05) is 12.4 Å². The van der Waals surface area contributed by atoms with E-state index in [0.29, 0.717) is 5.82 Å². The number of rotatable bonds is 4. The summed E-state index contributed by atoms with van der Waals surface area (Å²) >= 11 is 1.68. The van der Waals surface area contributed by atoms with Gasteiger partial charge in [0.25, 0.3) is 0 Å². The highest BCUT2D eigenvalue weighted by Gasteiger charge is 2.17. The van der Waals surface area contributed by atoms with Gasteiger partial charge in [-0.15, -0.1) is 11.3 Å². The van der Waals surface area contributed by atoms with Crippen LogP contribution >= 0.6 is 11.3 Å². The minimum absolute atomic E-state index is 0.709. The number of benzene rings is 6. The van der Waals surface area contributed by atoms with Crippen LogP contribution in [0.25, 0.3) is 97.9 Å². The van der Waals surface area contributed by atoms with E-state index >= 15 is 0 Å². The summed E-state index contributed by atoms with van der Waals surface area (Å²) < 4.78 is 6.82. The van der Waals surface area contributed by atoms with Crippen molar-refractivity contribution in [3.8, 4) is 34.0 Å². The molecule has 5 aromatic heterocycles. The maximum atomic E-state index is 5.22. The van der Waals surface area contributed by atoms with Gasteiger partial charge >= 0.3 is 0 Å². The van der Waals surface area contributed by atoms with Crippen LogP contribution in [0, 0.1) is 0 Å². The zero-order valence-corrected chi connectivity index (χ0v) is 28.0. The van der Waals surface area contributed by atoms with Crippen LogP contribution in [0.15, 0.2) is 164 Å². The standard InChI is InChI=1S/C45H27N5S/c1-3-11-30(12-4-1)49-38-17-9-7-15-32(38)34-21-19-28(23-40(34)49)37-25-36-42(26-46-37)51-43-27-47-45(48-44(36)43)29-20-22-35-33-16-8-10-18-39(33)50(41(35)24-29)31-13-5-2-6-14-31/h1-27H. The van der Waals surface area contributed by atoms with Gasteiger partial charge in [0.1, 0.15) is 0 Å². The molecule has 5 heterocycles. The molecule has 0 atom stereocenters. The van der Waals surface area contributed by atoms with Crippen LogP contribution in [-0.2, 0) is 0 Å². The molecule has 6 aromatic carbocycles. The van der Waals surface area contributed by atoms with Crippen LogP contribution in [0.5, 0.6) is 0 Å². The lowest BCUT2D eigenvalue weighted by atomic mass is 10.1. The van der Waals surface area contributed by atoms with E-state index in [2.05, 4.69) is 161 Å². The van der Waals surface area contributed by atoms with E-state index in [4.69, 9.17) is 15.0 Å². The number of thiophene rings is 1. The lowest BCUT2D eigenvalue weighted by molar-refractivity contribution is 1.18. The van der Waals surface area contributed by atoms with Crippen LogP contribution in [0.4, 0.5) is 0 Å². The molecule has 11 aromatic rings. The molecule has 51 heavy (non-hydrogen) atoms.